The number of ether oxygens (including phenoxy) is 3. The molecule has 0 radical (unpaired) electrons. The van der Waals surface area contributed by atoms with Crippen molar-refractivity contribution in [3.63, 3.8) is 0 Å². The topological polar surface area (TPSA) is 39.7 Å². The van der Waals surface area contributed by atoms with Gasteiger partial charge in [0.15, 0.2) is 0 Å². The van der Waals surface area contributed by atoms with Crippen LogP contribution in [0.5, 0.6) is 11.5 Å². The van der Waals surface area contributed by atoms with E-state index < -0.39 is 0 Å². The van der Waals surface area contributed by atoms with Gasteiger partial charge in [0.2, 0.25) is 0 Å². The third kappa shape index (κ3) is 2.12. The number of fused-ring (bicyclic) bond motifs is 2. The second-order valence-corrected chi connectivity index (χ2v) is 6.55. The van der Waals surface area contributed by atoms with E-state index in [0.717, 1.165) is 60.2 Å². The van der Waals surface area contributed by atoms with Gasteiger partial charge in [-0.25, -0.2) is 0 Å². The van der Waals surface area contributed by atoms with Crippen LogP contribution in [0.15, 0.2) is 0 Å². The standard InChI is InChI=1S/C16H20ClNO3/c1-8-5-10-13(12-7-18-3-4-19-12)15-11(6-9(2)20-15)14(17)16(10)21-8/h8-9,12,18H,3-7H2,1-2H3. The maximum atomic E-state index is 6.58. The lowest BCUT2D eigenvalue weighted by Crippen LogP contribution is -2.34. The van der Waals surface area contributed by atoms with Gasteiger partial charge < -0.3 is 19.5 Å². The van der Waals surface area contributed by atoms with E-state index in [4.69, 9.17) is 25.8 Å². The molecule has 0 amide bonds. The van der Waals surface area contributed by atoms with Crippen LogP contribution in [-0.2, 0) is 17.6 Å². The second kappa shape index (κ2) is 5.04. The number of benzene rings is 1. The first-order chi connectivity index (χ1) is 10.1. The quantitative estimate of drug-likeness (QED) is 0.866. The van der Waals surface area contributed by atoms with Crippen LogP contribution in [0.4, 0.5) is 0 Å². The van der Waals surface area contributed by atoms with Gasteiger partial charge in [0.25, 0.3) is 0 Å². The van der Waals surface area contributed by atoms with Gasteiger partial charge in [0.05, 0.1) is 17.7 Å². The number of hydrogen-bond donors (Lipinski definition) is 1. The zero-order valence-corrected chi connectivity index (χ0v) is 13.1. The first-order valence-corrected chi connectivity index (χ1v) is 8.05. The minimum Gasteiger partial charge on any atom is -0.490 e. The lowest BCUT2D eigenvalue weighted by Gasteiger charge is -2.27. The summed E-state index contributed by atoms with van der Waals surface area (Å²) in [6, 6.07) is 0. The molecule has 3 aliphatic rings. The van der Waals surface area contributed by atoms with E-state index in [1.807, 2.05) is 0 Å². The molecule has 0 spiro atoms. The summed E-state index contributed by atoms with van der Waals surface area (Å²) in [7, 11) is 0. The van der Waals surface area contributed by atoms with Crippen molar-refractivity contribution in [2.45, 2.75) is 45.0 Å². The summed E-state index contributed by atoms with van der Waals surface area (Å²) < 4.78 is 18.0. The van der Waals surface area contributed by atoms with Crippen LogP contribution in [0, 0.1) is 0 Å². The van der Waals surface area contributed by atoms with Gasteiger partial charge in [-0.3, -0.25) is 0 Å². The molecule has 0 bridgehead atoms. The molecule has 4 nitrogen and oxygen atoms in total. The largest absolute Gasteiger partial charge is 0.490 e. The van der Waals surface area contributed by atoms with Gasteiger partial charge in [0, 0.05) is 42.6 Å². The van der Waals surface area contributed by atoms with Crippen LogP contribution in [0.1, 0.15) is 36.6 Å². The summed E-state index contributed by atoms with van der Waals surface area (Å²) in [5, 5.41) is 4.14. The van der Waals surface area contributed by atoms with E-state index in [1.54, 1.807) is 0 Å². The summed E-state index contributed by atoms with van der Waals surface area (Å²) in [5.74, 6) is 1.79. The van der Waals surface area contributed by atoms with Gasteiger partial charge >= 0.3 is 0 Å². The van der Waals surface area contributed by atoms with Crippen LogP contribution in [-0.4, -0.2) is 31.9 Å². The van der Waals surface area contributed by atoms with E-state index in [-0.39, 0.29) is 18.3 Å². The fourth-order valence-electron chi connectivity index (χ4n) is 3.59. The second-order valence-electron chi connectivity index (χ2n) is 6.17. The highest BCUT2D eigenvalue weighted by atomic mass is 35.5. The molecule has 0 aromatic heterocycles. The normalized spacial score (nSPS) is 30.5. The van der Waals surface area contributed by atoms with E-state index >= 15 is 0 Å². The van der Waals surface area contributed by atoms with Crippen LogP contribution in [0.25, 0.3) is 0 Å². The Labute approximate surface area is 129 Å². The van der Waals surface area contributed by atoms with E-state index in [1.165, 1.54) is 5.56 Å². The van der Waals surface area contributed by atoms with Crippen molar-refractivity contribution in [2.75, 3.05) is 19.7 Å². The van der Waals surface area contributed by atoms with Crippen molar-refractivity contribution in [3.8, 4) is 11.5 Å². The minimum atomic E-state index is 0.0257. The van der Waals surface area contributed by atoms with Gasteiger partial charge in [-0.05, 0) is 13.8 Å². The van der Waals surface area contributed by atoms with Crippen molar-refractivity contribution in [1.29, 1.82) is 0 Å². The number of rotatable bonds is 1. The van der Waals surface area contributed by atoms with Crippen LogP contribution in [0.2, 0.25) is 5.02 Å². The summed E-state index contributed by atoms with van der Waals surface area (Å²) in [5.41, 5.74) is 3.42. The lowest BCUT2D eigenvalue weighted by molar-refractivity contribution is 0.0253. The molecule has 114 valence electrons. The molecule has 3 aliphatic heterocycles. The summed E-state index contributed by atoms with van der Waals surface area (Å²) >= 11 is 6.58. The lowest BCUT2D eigenvalue weighted by atomic mass is 9.93. The highest BCUT2D eigenvalue weighted by Gasteiger charge is 2.38. The first kappa shape index (κ1) is 13.7. The number of morpholine rings is 1. The van der Waals surface area contributed by atoms with Crippen LogP contribution < -0.4 is 14.8 Å². The molecule has 3 atom stereocenters. The summed E-state index contributed by atoms with van der Waals surface area (Å²) in [4.78, 5) is 0. The van der Waals surface area contributed by atoms with Crippen molar-refractivity contribution < 1.29 is 14.2 Å². The third-order valence-electron chi connectivity index (χ3n) is 4.45. The highest BCUT2D eigenvalue weighted by molar-refractivity contribution is 6.33. The first-order valence-electron chi connectivity index (χ1n) is 7.68. The molecule has 3 heterocycles. The summed E-state index contributed by atoms with van der Waals surface area (Å²) in [6.45, 7) is 6.59. The van der Waals surface area contributed by atoms with Crippen LogP contribution in [0.3, 0.4) is 0 Å². The molecule has 1 aromatic carbocycles. The van der Waals surface area contributed by atoms with Crippen molar-refractivity contribution >= 4 is 11.6 Å². The van der Waals surface area contributed by atoms with Gasteiger partial charge in [0.1, 0.15) is 23.7 Å². The maximum Gasteiger partial charge on any atom is 0.142 e. The Morgan fingerprint density at radius 3 is 2.48 bits per heavy atom. The Balaban J connectivity index is 1.88. The van der Waals surface area contributed by atoms with Gasteiger partial charge in [-0.15, -0.1) is 0 Å². The minimum absolute atomic E-state index is 0.0257. The molecule has 0 aliphatic carbocycles. The fourth-order valence-corrected chi connectivity index (χ4v) is 3.91. The van der Waals surface area contributed by atoms with Crippen molar-refractivity contribution in [2.24, 2.45) is 0 Å². The molecular weight excluding hydrogens is 290 g/mol. The molecular formula is C16H20ClNO3. The Bertz CT molecular complexity index is 544. The molecule has 1 fully saturated rings. The molecule has 1 saturated heterocycles. The Hall–Kier alpha value is -0.970. The Morgan fingerprint density at radius 1 is 1.05 bits per heavy atom. The molecule has 21 heavy (non-hydrogen) atoms. The molecule has 4 rings (SSSR count). The van der Waals surface area contributed by atoms with Gasteiger partial charge in [-0.1, -0.05) is 11.6 Å². The highest BCUT2D eigenvalue weighted by Crippen LogP contribution is 2.51. The monoisotopic (exact) mass is 309 g/mol. The van der Waals surface area contributed by atoms with Gasteiger partial charge in [-0.2, -0.15) is 0 Å². The Kier molecular flexibility index (Phi) is 3.28. The average Bonchev–Trinajstić information content (AvgIpc) is 3.03. The fraction of sp³-hybridized carbons (Fsp3) is 0.625. The summed E-state index contributed by atoms with van der Waals surface area (Å²) in [6.07, 6.45) is 2.06. The molecule has 1 N–H and O–H groups in total. The predicted molar refractivity (Wildman–Crippen MR) is 80.6 cm³/mol. The number of nitrogens with one attached hydrogen (secondary N) is 1. The maximum absolute atomic E-state index is 6.58. The predicted octanol–water partition coefficient (Wildman–Crippen LogP) is 2.65. The van der Waals surface area contributed by atoms with E-state index in [9.17, 15) is 0 Å². The molecule has 1 aromatic rings. The number of hydrogen-bond acceptors (Lipinski definition) is 4. The average molecular weight is 310 g/mol. The van der Waals surface area contributed by atoms with Crippen molar-refractivity contribution in [1.82, 2.24) is 5.32 Å². The Morgan fingerprint density at radius 2 is 1.76 bits per heavy atom. The van der Waals surface area contributed by atoms with Crippen LogP contribution >= 0.6 is 11.6 Å². The molecule has 5 heteroatoms. The smallest absolute Gasteiger partial charge is 0.142 e. The van der Waals surface area contributed by atoms with E-state index in [2.05, 4.69) is 19.2 Å². The molecule has 3 unspecified atom stereocenters. The van der Waals surface area contributed by atoms with Crippen molar-refractivity contribution in [3.05, 3.63) is 21.7 Å². The SMILES string of the molecule is CC1Cc2c(c(Cl)c3c(c2C2CNCCO2)OC(C)C3)O1. The molecule has 0 saturated carbocycles. The number of halogens is 1. The zero-order valence-electron chi connectivity index (χ0n) is 12.4. The zero-order chi connectivity index (χ0) is 14.6. The third-order valence-corrected chi connectivity index (χ3v) is 4.85. The van der Waals surface area contributed by atoms with E-state index in [0.29, 0.717) is 0 Å².